The van der Waals surface area contributed by atoms with Crippen molar-refractivity contribution in [2.75, 3.05) is 5.73 Å². The molecular formula is C15H16N4. The number of benzene rings is 1. The summed E-state index contributed by atoms with van der Waals surface area (Å²) in [5, 5.41) is 0. The molecule has 0 saturated carbocycles. The van der Waals surface area contributed by atoms with Gasteiger partial charge in [0.05, 0.1) is 5.52 Å². The lowest BCUT2D eigenvalue weighted by Crippen LogP contribution is -1.94. The molecule has 0 aliphatic heterocycles. The quantitative estimate of drug-likeness (QED) is 0.704. The summed E-state index contributed by atoms with van der Waals surface area (Å²) >= 11 is 0. The lowest BCUT2D eigenvalue weighted by molar-refractivity contribution is 0.889. The Hall–Kier alpha value is -2.36. The highest BCUT2D eigenvalue weighted by Gasteiger charge is 2.04. The molecule has 0 fully saturated rings. The summed E-state index contributed by atoms with van der Waals surface area (Å²) in [6.07, 6.45) is 1.78. The molecule has 3 aromatic rings. The average molecular weight is 252 g/mol. The van der Waals surface area contributed by atoms with Gasteiger partial charge in [-0.2, -0.15) is 0 Å². The van der Waals surface area contributed by atoms with Gasteiger partial charge in [-0.15, -0.1) is 0 Å². The average Bonchev–Trinajstić information content (AvgIpc) is 2.78. The fraction of sp³-hybridized carbons (Fsp3) is 0.200. The Bertz CT molecular complexity index is 715. The van der Waals surface area contributed by atoms with Gasteiger partial charge in [-0.1, -0.05) is 12.1 Å². The van der Waals surface area contributed by atoms with Crippen LogP contribution in [0, 0.1) is 6.92 Å². The minimum Gasteiger partial charge on any atom is -0.399 e. The number of hydrogen-bond acceptors (Lipinski definition) is 3. The maximum Gasteiger partial charge on any atom is 0.177 e. The molecule has 0 bridgehead atoms. The summed E-state index contributed by atoms with van der Waals surface area (Å²) in [5.74, 6) is 0.968. The lowest BCUT2D eigenvalue weighted by Gasteiger charge is -2.00. The number of nitrogens with two attached hydrogens (primary N) is 1. The largest absolute Gasteiger partial charge is 0.399 e. The number of imidazole rings is 1. The second-order valence-electron chi connectivity index (χ2n) is 4.75. The van der Waals surface area contributed by atoms with E-state index in [9.17, 15) is 0 Å². The first-order valence-electron chi connectivity index (χ1n) is 6.37. The Morgan fingerprint density at radius 2 is 2.00 bits per heavy atom. The van der Waals surface area contributed by atoms with Crippen LogP contribution in [-0.2, 0) is 12.8 Å². The number of hydrogen-bond donors (Lipinski definition) is 2. The third-order valence-electron chi connectivity index (χ3n) is 3.14. The standard InChI is InChI=1S/C15H16N4/c1-10-5-7-13-15(17-10)19-14(18-13)8-6-11-3-2-4-12(16)9-11/h2-5,7,9H,6,8,16H2,1H3,(H,17,18,19). The highest BCUT2D eigenvalue weighted by atomic mass is 15.0. The molecule has 0 spiro atoms. The van der Waals surface area contributed by atoms with E-state index in [0.29, 0.717) is 0 Å². The van der Waals surface area contributed by atoms with Crippen LogP contribution >= 0.6 is 0 Å². The van der Waals surface area contributed by atoms with E-state index >= 15 is 0 Å². The first-order chi connectivity index (χ1) is 9.20. The van der Waals surface area contributed by atoms with Crippen molar-refractivity contribution in [3.63, 3.8) is 0 Å². The maximum absolute atomic E-state index is 5.77. The van der Waals surface area contributed by atoms with Crippen molar-refractivity contribution in [1.29, 1.82) is 0 Å². The highest BCUT2D eigenvalue weighted by Crippen LogP contribution is 2.13. The van der Waals surface area contributed by atoms with Gasteiger partial charge in [0.2, 0.25) is 0 Å². The molecule has 0 saturated heterocycles. The molecular weight excluding hydrogens is 236 g/mol. The molecule has 1 aromatic carbocycles. The second-order valence-corrected chi connectivity index (χ2v) is 4.75. The molecule has 19 heavy (non-hydrogen) atoms. The van der Waals surface area contributed by atoms with Crippen LogP contribution in [0.3, 0.4) is 0 Å². The number of nitrogens with one attached hydrogen (secondary N) is 1. The smallest absolute Gasteiger partial charge is 0.177 e. The predicted molar refractivity (Wildman–Crippen MR) is 76.9 cm³/mol. The van der Waals surface area contributed by atoms with Crippen LogP contribution in [0.5, 0.6) is 0 Å². The van der Waals surface area contributed by atoms with Gasteiger partial charge in [0.15, 0.2) is 5.65 Å². The van der Waals surface area contributed by atoms with Gasteiger partial charge < -0.3 is 10.7 Å². The van der Waals surface area contributed by atoms with E-state index in [0.717, 1.165) is 41.2 Å². The van der Waals surface area contributed by atoms with Crippen molar-refractivity contribution >= 4 is 16.9 Å². The number of nitrogens with zero attached hydrogens (tertiary/aromatic N) is 2. The Kier molecular flexibility index (Phi) is 2.91. The maximum atomic E-state index is 5.77. The fourth-order valence-corrected chi connectivity index (χ4v) is 2.17. The Morgan fingerprint density at radius 3 is 2.84 bits per heavy atom. The van der Waals surface area contributed by atoms with Crippen LogP contribution in [0.15, 0.2) is 36.4 Å². The first-order valence-corrected chi connectivity index (χ1v) is 6.37. The highest BCUT2D eigenvalue weighted by molar-refractivity contribution is 5.70. The van der Waals surface area contributed by atoms with Gasteiger partial charge in [-0.25, -0.2) is 9.97 Å². The third kappa shape index (κ3) is 2.57. The SMILES string of the molecule is Cc1ccc2[nH]c(CCc3cccc(N)c3)nc2n1. The summed E-state index contributed by atoms with van der Waals surface area (Å²) in [6, 6.07) is 12.0. The molecule has 0 aliphatic rings. The van der Waals surface area contributed by atoms with E-state index in [4.69, 9.17) is 5.73 Å². The molecule has 3 rings (SSSR count). The van der Waals surface area contributed by atoms with E-state index in [-0.39, 0.29) is 0 Å². The summed E-state index contributed by atoms with van der Waals surface area (Å²) in [4.78, 5) is 12.2. The van der Waals surface area contributed by atoms with Crippen LogP contribution in [0.4, 0.5) is 5.69 Å². The number of fused-ring (bicyclic) bond motifs is 1. The number of aromatic nitrogens is 3. The summed E-state index contributed by atoms with van der Waals surface area (Å²) in [5.41, 5.74) is 10.6. The number of anilines is 1. The van der Waals surface area contributed by atoms with Crippen molar-refractivity contribution in [3.05, 3.63) is 53.5 Å². The monoisotopic (exact) mass is 252 g/mol. The number of aromatic amines is 1. The number of rotatable bonds is 3. The Balaban J connectivity index is 1.78. The van der Waals surface area contributed by atoms with Gasteiger partial charge >= 0.3 is 0 Å². The van der Waals surface area contributed by atoms with Gasteiger partial charge in [0, 0.05) is 17.8 Å². The summed E-state index contributed by atoms with van der Waals surface area (Å²) in [7, 11) is 0. The van der Waals surface area contributed by atoms with Crippen LogP contribution in [-0.4, -0.2) is 15.0 Å². The molecule has 0 radical (unpaired) electrons. The van der Waals surface area contributed by atoms with E-state index in [1.807, 2.05) is 37.3 Å². The van der Waals surface area contributed by atoms with Crippen molar-refractivity contribution < 1.29 is 0 Å². The molecule has 2 aromatic heterocycles. The topological polar surface area (TPSA) is 67.6 Å². The minimum atomic E-state index is 0.794. The van der Waals surface area contributed by atoms with Crippen molar-refractivity contribution in [2.45, 2.75) is 19.8 Å². The second kappa shape index (κ2) is 4.72. The zero-order valence-corrected chi connectivity index (χ0v) is 10.9. The Morgan fingerprint density at radius 1 is 1.11 bits per heavy atom. The van der Waals surface area contributed by atoms with Crippen molar-refractivity contribution in [2.24, 2.45) is 0 Å². The molecule has 0 aliphatic carbocycles. The third-order valence-corrected chi connectivity index (χ3v) is 3.14. The van der Waals surface area contributed by atoms with Gasteiger partial charge in [-0.05, 0) is 43.2 Å². The molecule has 0 unspecified atom stereocenters. The molecule has 2 heterocycles. The van der Waals surface area contributed by atoms with E-state index in [1.54, 1.807) is 0 Å². The van der Waals surface area contributed by atoms with Gasteiger partial charge in [0.25, 0.3) is 0 Å². The summed E-state index contributed by atoms with van der Waals surface area (Å²) in [6.45, 7) is 1.97. The summed E-state index contributed by atoms with van der Waals surface area (Å²) < 4.78 is 0. The number of aryl methyl sites for hydroxylation is 3. The van der Waals surface area contributed by atoms with Crippen LogP contribution in [0.1, 0.15) is 17.1 Å². The van der Waals surface area contributed by atoms with E-state index in [1.165, 1.54) is 5.56 Å². The van der Waals surface area contributed by atoms with Crippen molar-refractivity contribution in [3.8, 4) is 0 Å². The number of H-pyrrole nitrogens is 1. The van der Waals surface area contributed by atoms with Crippen LogP contribution in [0.2, 0.25) is 0 Å². The first kappa shape index (κ1) is 11.7. The molecule has 0 atom stereocenters. The molecule has 4 heteroatoms. The predicted octanol–water partition coefficient (Wildman–Crippen LogP) is 2.63. The molecule has 0 amide bonds. The zero-order valence-electron chi connectivity index (χ0n) is 10.9. The normalized spacial score (nSPS) is 11.0. The molecule has 3 N–H and O–H groups in total. The zero-order chi connectivity index (χ0) is 13.2. The number of pyridine rings is 1. The van der Waals surface area contributed by atoms with E-state index in [2.05, 4.69) is 21.0 Å². The minimum absolute atomic E-state index is 0.794. The van der Waals surface area contributed by atoms with Gasteiger partial charge in [0.1, 0.15) is 5.82 Å². The molecule has 96 valence electrons. The van der Waals surface area contributed by atoms with E-state index < -0.39 is 0 Å². The Labute approximate surface area is 111 Å². The molecule has 4 nitrogen and oxygen atoms in total. The van der Waals surface area contributed by atoms with Gasteiger partial charge in [-0.3, -0.25) is 0 Å². The lowest BCUT2D eigenvalue weighted by atomic mass is 10.1. The van der Waals surface area contributed by atoms with Crippen molar-refractivity contribution in [1.82, 2.24) is 15.0 Å². The number of nitrogen functional groups attached to an aromatic ring is 1. The fourth-order valence-electron chi connectivity index (χ4n) is 2.17. The van der Waals surface area contributed by atoms with Crippen LogP contribution in [0.25, 0.3) is 11.2 Å². The van der Waals surface area contributed by atoms with Crippen LogP contribution < -0.4 is 5.73 Å².